The number of hydrogen-bond donors (Lipinski definition) is 1. The molecule has 0 unspecified atom stereocenters. The zero-order valence-electron chi connectivity index (χ0n) is 10.9. The highest BCUT2D eigenvalue weighted by Gasteiger charge is 2.12. The summed E-state index contributed by atoms with van der Waals surface area (Å²) in [5.41, 5.74) is -0.148. The number of nitro benzene ring substituents is 1. The van der Waals surface area contributed by atoms with Crippen LogP contribution in [0.2, 0.25) is 5.02 Å². The SMILES string of the molecule is COCCCNC(=O)COc1cc([N+](=O)[O-])ccc1Cl. The van der Waals surface area contributed by atoms with Crippen molar-refractivity contribution in [3.05, 3.63) is 33.3 Å². The summed E-state index contributed by atoms with van der Waals surface area (Å²) in [7, 11) is 1.58. The third-order valence-electron chi connectivity index (χ3n) is 2.33. The molecule has 110 valence electrons. The predicted molar refractivity (Wildman–Crippen MR) is 73.1 cm³/mol. The Morgan fingerprint density at radius 3 is 2.90 bits per heavy atom. The Labute approximate surface area is 121 Å². The number of amides is 1. The highest BCUT2D eigenvalue weighted by molar-refractivity contribution is 6.32. The van der Waals surface area contributed by atoms with Crippen molar-refractivity contribution < 1.29 is 19.2 Å². The minimum Gasteiger partial charge on any atom is -0.482 e. The summed E-state index contributed by atoms with van der Waals surface area (Å²) in [6.45, 7) is 0.768. The van der Waals surface area contributed by atoms with Crippen LogP contribution in [0.4, 0.5) is 5.69 Å². The van der Waals surface area contributed by atoms with Gasteiger partial charge in [-0.2, -0.15) is 0 Å². The molecule has 1 N–H and O–H groups in total. The van der Waals surface area contributed by atoms with Gasteiger partial charge in [-0.05, 0) is 12.5 Å². The van der Waals surface area contributed by atoms with Crippen molar-refractivity contribution in [2.45, 2.75) is 6.42 Å². The van der Waals surface area contributed by atoms with Gasteiger partial charge in [0.2, 0.25) is 0 Å². The minimum atomic E-state index is -0.561. The summed E-state index contributed by atoms with van der Waals surface area (Å²) in [4.78, 5) is 21.5. The van der Waals surface area contributed by atoms with Gasteiger partial charge >= 0.3 is 0 Å². The van der Waals surface area contributed by atoms with Gasteiger partial charge in [0.05, 0.1) is 16.0 Å². The van der Waals surface area contributed by atoms with Crippen molar-refractivity contribution in [3.63, 3.8) is 0 Å². The van der Waals surface area contributed by atoms with Crippen LogP contribution in [0.15, 0.2) is 18.2 Å². The van der Waals surface area contributed by atoms with E-state index in [2.05, 4.69) is 5.32 Å². The van der Waals surface area contributed by atoms with E-state index in [0.717, 1.165) is 0 Å². The summed E-state index contributed by atoms with van der Waals surface area (Å²) >= 11 is 5.83. The largest absolute Gasteiger partial charge is 0.482 e. The van der Waals surface area contributed by atoms with Gasteiger partial charge in [-0.3, -0.25) is 14.9 Å². The topological polar surface area (TPSA) is 90.7 Å². The lowest BCUT2D eigenvalue weighted by atomic mass is 10.3. The Morgan fingerprint density at radius 2 is 2.25 bits per heavy atom. The fraction of sp³-hybridized carbons (Fsp3) is 0.417. The molecule has 0 spiro atoms. The number of carbonyl (C=O) groups excluding carboxylic acids is 1. The van der Waals surface area contributed by atoms with Gasteiger partial charge < -0.3 is 14.8 Å². The highest BCUT2D eigenvalue weighted by atomic mass is 35.5. The first-order valence-corrected chi connectivity index (χ1v) is 6.24. The van der Waals surface area contributed by atoms with E-state index < -0.39 is 4.92 Å². The maximum absolute atomic E-state index is 11.5. The molecule has 0 bridgehead atoms. The van der Waals surface area contributed by atoms with E-state index in [1.807, 2.05) is 0 Å². The molecule has 1 rings (SSSR count). The molecule has 0 aliphatic carbocycles. The number of benzene rings is 1. The maximum Gasteiger partial charge on any atom is 0.273 e. The van der Waals surface area contributed by atoms with Crippen LogP contribution in [0.1, 0.15) is 6.42 Å². The Bertz CT molecular complexity index is 481. The van der Waals surface area contributed by atoms with Crippen LogP contribution < -0.4 is 10.1 Å². The molecule has 0 heterocycles. The summed E-state index contributed by atoms with van der Waals surface area (Å²) in [6, 6.07) is 3.80. The van der Waals surface area contributed by atoms with Crippen LogP contribution in [0.25, 0.3) is 0 Å². The summed E-state index contributed by atoms with van der Waals surface area (Å²) in [6.07, 6.45) is 0.694. The Balaban J connectivity index is 2.46. The summed E-state index contributed by atoms with van der Waals surface area (Å²) in [5, 5.41) is 13.5. The van der Waals surface area contributed by atoms with Crippen molar-refractivity contribution >= 4 is 23.2 Å². The quantitative estimate of drug-likeness (QED) is 0.449. The zero-order chi connectivity index (χ0) is 15.0. The van der Waals surface area contributed by atoms with Crippen LogP contribution in [0.3, 0.4) is 0 Å². The molecule has 1 aromatic carbocycles. The minimum absolute atomic E-state index is 0.105. The third kappa shape index (κ3) is 5.41. The van der Waals surface area contributed by atoms with Crippen LogP contribution >= 0.6 is 11.6 Å². The second-order valence-corrected chi connectivity index (χ2v) is 4.26. The first-order chi connectivity index (χ1) is 9.54. The second kappa shape index (κ2) is 8.34. The highest BCUT2D eigenvalue weighted by Crippen LogP contribution is 2.28. The first kappa shape index (κ1) is 16.2. The van der Waals surface area contributed by atoms with Crippen molar-refractivity contribution in [2.24, 2.45) is 0 Å². The molecule has 0 saturated carbocycles. The van der Waals surface area contributed by atoms with Crippen molar-refractivity contribution in [1.82, 2.24) is 5.32 Å². The van der Waals surface area contributed by atoms with E-state index in [-0.39, 0.29) is 29.0 Å². The molecule has 0 atom stereocenters. The normalized spacial score (nSPS) is 10.1. The van der Waals surface area contributed by atoms with Crippen LogP contribution in [-0.4, -0.2) is 37.7 Å². The van der Waals surface area contributed by atoms with E-state index in [1.54, 1.807) is 7.11 Å². The fourth-order valence-corrected chi connectivity index (χ4v) is 1.53. The molecule has 0 aliphatic rings. The van der Waals surface area contributed by atoms with Gasteiger partial charge in [0.15, 0.2) is 6.61 Å². The lowest BCUT2D eigenvalue weighted by molar-refractivity contribution is -0.384. The summed E-state index contributed by atoms with van der Waals surface area (Å²) < 4.78 is 10.0. The number of methoxy groups -OCH3 is 1. The molecule has 0 saturated heterocycles. The number of ether oxygens (including phenoxy) is 2. The van der Waals surface area contributed by atoms with Gasteiger partial charge in [-0.15, -0.1) is 0 Å². The van der Waals surface area contributed by atoms with E-state index in [9.17, 15) is 14.9 Å². The number of nitro groups is 1. The summed E-state index contributed by atoms with van der Waals surface area (Å²) in [5.74, 6) is -0.225. The Hall–Kier alpha value is -1.86. The molecule has 0 fully saturated rings. The molecule has 8 heteroatoms. The Morgan fingerprint density at radius 1 is 1.50 bits per heavy atom. The van der Waals surface area contributed by atoms with Gasteiger partial charge in [-0.1, -0.05) is 11.6 Å². The molecule has 0 aliphatic heterocycles. The number of halogens is 1. The molecule has 1 amide bonds. The lowest BCUT2D eigenvalue weighted by Gasteiger charge is -2.08. The number of hydrogen-bond acceptors (Lipinski definition) is 5. The van der Waals surface area contributed by atoms with Crippen LogP contribution in [-0.2, 0) is 9.53 Å². The fourth-order valence-electron chi connectivity index (χ4n) is 1.35. The molecular formula is C12H15ClN2O5. The van der Waals surface area contributed by atoms with Crippen molar-refractivity contribution in [2.75, 3.05) is 26.9 Å². The monoisotopic (exact) mass is 302 g/mol. The average molecular weight is 303 g/mol. The number of rotatable bonds is 8. The zero-order valence-corrected chi connectivity index (χ0v) is 11.7. The average Bonchev–Trinajstić information content (AvgIpc) is 2.42. The van der Waals surface area contributed by atoms with Gasteiger partial charge in [0, 0.05) is 26.3 Å². The third-order valence-corrected chi connectivity index (χ3v) is 2.64. The molecule has 0 radical (unpaired) electrons. The van der Waals surface area contributed by atoms with Gasteiger partial charge in [0.25, 0.3) is 11.6 Å². The predicted octanol–water partition coefficient (Wildman–Crippen LogP) is 1.78. The van der Waals surface area contributed by atoms with E-state index in [1.165, 1.54) is 18.2 Å². The number of carbonyl (C=O) groups is 1. The standard InChI is InChI=1S/C12H15ClN2O5/c1-19-6-2-5-14-12(16)8-20-11-7-9(15(17)18)3-4-10(11)13/h3-4,7H,2,5-6,8H2,1H3,(H,14,16). The van der Waals surface area contributed by atoms with Crippen LogP contribution in [0, 0.1) is 10.1 Å². The molecule has 7 nitrogen and oxygen atoms in total. The first-order valence-electron chi connectivity index (χ1n) is 5.87. The van der Waals surface area contributed by atoms with Crippen molar-refractivity contribution in [3.8, 4) is 5.75 Å². The molecule has 20 heavy (non-hydrogen) atoms. The number of nitrogens with one attached hydrogen (secondary N) is 1. The molecule has 1 aromatic rings. The molecular weight excluding hydrogens is 288 g/mol. The smallest absolute Gasteiger partial charge is 0.273 e. The Kier molecular flexibility index (Phi) is 6.75. The van der Waals surface area contributed by atoms with Crippen LogP contribution in [0.5, 0.6) is 5.75 Å². The number of nitrogens with zero attached hydrogens (tertiary/aromatic N) is 1. The van der Waals surface area contributed by atoms with E-state index >= 15 is 0 Å². The van der Waals surface area contributed by atoms with Crippen molar-refractivity contribution in [1.29, 1.82) is 0 Å². The number of non-ortho nitro benzene ring substituents is 1. The maximum atomic E-state index is 11.5. The molecule has 0 aromatic heterocycles. The van der Waals surface area contributed by atoms with Gasteiger partial charge in [-0.25, -0.2) is 0 Å². The second-order valence-electron chi connectivity index (χ2n) is 3.86. The van der Waals surface area contributed by atoms with Gasteiger partial charge in [0.1, 0.15) is 5.75 Å². The van der Waals surface area contributed by atoms with E-state index in [4.69, 9.17) is 21.1 Å². The lowest BCUT2D eigenvalue weighted by Crippen LogP contribution is -2.30. The van der Waals surface area contributed by atoms with E-state index in [0.29, 0.717) is 19.6 Å².